The van der Waals surface area contributed by atoms with Gasteiger partial charge in [-0.15, -0.1) is 5.10 Å². The Balaban J connectivity index is 1.58. The van der Waals surface area contributed by atoms with E-state index in [-0.39, 0.29) is 17.8 Å². The third kappa shape index (κ3) is 3.53. The van der Waals surface area contributed by atoms with E-state index < -0.39 is 0 Å². The molecule has 1 fully saturated rings. The van der Waals surface area contributed by atoms with E-state index in [0.717, 1.165) is 37.3 Å². The lowest BCUT2D eigenvalue weighted by molar-refractivity contribution is 0.102. The molecule has 0 radical (unpaired) electrons. The maximum atomic E-state index is 13.2. The monoisotopic (exact) mass is 383 g/mol. The average Bonchev–Trinajstić information content (AvgIpc) is 3.25. The fourth-order valence-corrected chi connectivity index (χ4v) is 3.49. The molecule has 2 N–H and O–H groups in total. The molecular formula is C19H22FN7O. The summed E-state index contributed by atoms with van der Waals surface area (Å²) >= 11 is 0. The number of benzene rings is 1. The second-order valence-electron chi connectivity index (χ2n) is 6.96. The first-order valence-electron chi connectivity index (χ1n) is 9.29. The number of nitrogens with zero attached hydrogens (tertiary/aromatic N) is 5. The Morgan fingerprint density at radius 1 is 1.21 bits per heavy atom. The molecule has 146 valence electrons. The van der Waals surface area contributed by atoms with E-state index in [1.807, 2.05) is 18.5 Å². The van der Waals surface area contributed by atoms with Crippen LogP contribution in [0.25, 0.3) is 5.69 Å². The lowest BCUT2D eigenvalue weighted by Gasteiger charge is -2.23. The van der Waals surface area contributed by atoms with Crippen LogP contribution in [0.2, 0.25) is 0 Å². The second kappa shape index (κ2) is 7.51. The Labute approximate surface area is 161 Å². The first-order chi connectivity index (χ1) is 13.5. The van der Waals surface area contributed by atoms with E-state index in [1.165, 1.54) is 12.1 Å². The summed E-state index contributed by atoms with van der Waals surface area (Å²) in [7, 11) is 0. The number of hydrogen-bond donors (Lipinski definition) is 2. The maximum absolute atomic E-state index is 13.2. The van der Waals surface area contributed by atoms with Gasteiger partial charge in [0.15, 0.2) is 5.69 Å². The number of amides is 1. The number of aromatic nitrogens is 5. The molecule has 0 aliphatic carbocycles. The molecule has 1 aliphatic rings. The summed E-state index contributed by atoms with van der Waals surface area (Å²) in [6.45, 7) is 5.55. The van der Waals surface area contributed by atoms with Crippen LogP contribution in [0, 0.1) is 19.7 Å². The normalized spacial score (nSPS) is 15.0. The van der Waals surface area contributed by atoms with Gasteiger partial charge in [0, 0.05) is 6.07 Å². The van der Waals surface area contributed by atoms with Gasteiger partial charge in [0.25, 0.3) is 5.91 Å². The van der Waals surface area contributed by atoms with Crippen molar-refractivity contribution in [2.45, 2.75) is 32.7 Å². The third-order valence-corrected chi connectivity index (χ3v) is 4.94. The second-order valence-corrected chi connectivity index (χ2v) is 6.96. The molecule has 0 spiro atoms. The molecule has 3 heterocycles. The number of anilines is 1. The molecule has 0 bridgehead atoms. The van der Waals surface area contributed by atoms with E-state index in [0.29, 0.717) is 17.2 Å². The van der Waals surface area contributed by atoms with Gasteiger partial charge < -0.3 is 10.6 Å². The van der Waals surface area contributed by atoms with E-state index in [2.05, 4.69) is 26.0 Å². The van der Waals surface area contributed by atoms with E-state index in [9.17, 15) is 9.18 Å². The van der Waals surface area contributed by atoms with Gasteiger partial charge in [-0.05, 0) is 64.0 Å². The van der Waals surface area contributed by atoms with E-state index in [1.54, 1.807) is 22.9 Å². The van der Waals surface area contributed by atoms with Crippen molar-refractivity contribution in [2.75, 3.05) is 18.4 Å². The van der Waals surface area contributed by atoms with Gasteiger partial charge in [-0.3, -0.25) is 4.79 Å². The lowest BCUT2D eigenvalue weighted by Crippen LogP contribution is -2.30. The van der Waals surface area contributed by atoms with Gasteiger partial charge in [-0.25, -0.2) is 13.8 Å². The summed E-state index contributed by atoms with van der Waals surface area (Å²) in [4.78, 5) is 12.8. The van der Waals surface area contributed by atoms with Crippen LogP contribution in [0.1, 0.15) is 40.8 Å². The summed E-state index contributed by atoms with van der Waals surface area (Å²) in [5.74, 6) is -0.186. The SMILES string of the molecule is Cc1cc(NC(=O)c2nnn(C3CCNCC3)c2C)n(-c2ccc(F)cc2)n1. The summed E-state index contributed by atoms with van der Waals surface area (Å²) in [5, 5.41) is 18.9. The fraction of sp³-hybridized carbons (Fsp3) is 0.368. The van der Waals surface area contributed by atoms with Crippen LogP contribution in [-0.2, 0) is 0 Å². The number of aryl methyl sites for hydroxylation is 1. The van der Waals surface area contributed by atoms with Crippen molar-refractivity contribution < 1.29 is 9.18 Å². The zero-order valence-electron chi connectivity index (χ0n) is 15.8. The molecule has 3 aromatic rings. The molecule has 8 nitrogen and oxygen atoms in total. The van der Waals surface area contributed by atoms with Crippen molar-refractivity contribution >= 4 is 11.7 Å². The van der Waals surface area contributed by atoms with Crippen molar-refractivity contribution in [1.29, 1.82) is 0 Å². The maximum Gasteiger partial charge on any atom is 0.279 e. The highest BCUT2D eigenvalue weighted by molar-refractivity contribution is 6.03. The van der Waals surface area contributed by atoms with Gasteiger partial charge in [0.05, 0.1) is 23.1 Å². The smallest absolute Gasteiger partial charge is 0.279 e. The van der Waals surface area contributed by atoms with Crippen LogP contribution >= 0.6 is 0 Å². The van der Waals surface area contributed by atoms with Crippen molar-refractivity contribution in [3.05, 3.63) is 53.2 Å². The largest absolute Gasteiger partial charge is 0.317 e. The Bertz CT molecular complexity index is 986. The van der Waals surface area contributed by atoms with Crippen LogP contribution < -0.4 is 10.6 Å². The van der Waals surface area contributed by atoms with E-state index >= 15 is 0 Å². The molecule has 9 heteroatoms. The molecule has 4 rings (SSSR count). The molecule has 1 amide bonds. The van der Waals surface area contributed by atoms with Crippen LogP contribution in [0.5, 0.6) is 0 Å². The highest BCUT2D eigenvalue weighted by Crippen LogP contribution is 2.22. The Morgan fingerprint density at radius 3 is 2.64 bits per heavy atom. The van der Waals surface area contributed by atoms with Gasteiger partial charge in [-0.1, -0.05) is 5.21 Å². The average molecular weight is 383 g/mol. The molecule has 1 aromatic carbocycles. The first kappa shape index (κ1) is 18.3. The molecule has 2 aromatic heterocycles. The van der Waals surface area contributed by atoms with Gasteiger partial charge in [-0.2, -0.15) is 5.10 Å². The van der Waals surface area contributed by atoms with Gasteiger partial charge >= 0.3 is 0 Å². The highest BCUT2D eigenvalue weighted by atomic mass is 19.1. The van der Waals surface area contributed by atoms with Gasteiger partial charge in [0.2, 0.25) is 0 Å². The molecular weight excluding hydrogens is 361 g/mol. The van der Waals surface area contributed by atoms with Crippen molar-refractivity contribution in [1.82, 2.24) is 30.1 Å². The van der Waals surface area contributed by atoms with E-state index in [4.69, 9.17) is 0 Å². The number of nitrogens with one attached hydrogen (secondary N) is 2. The zero-order chi connectivity index (χ0) is 19.7. The summed E-state index contributed by atoms with van der Waals surface area (Å²) < 4.78 is 16.6. The molecule has 0 unspecified atom stereocenters. The van der Waals surface area contributed by atoms with Crippen molar-refractivity contribution in [2.24, 2.45) is 0 Å². The van der Waals surface area contributed by atoms with Crippen LogP contribution in [0.3, 0.4) is 0 Å². The Morgan fingerprint density at radius 2 is 1.93 bits per heavy atom. The number of carbonyl (C=O) groups is 1. The first-order valence-corrected chi connectivity index (χ1v) is 9.29. The molecule has 0 saturated carbocycles. The van der Waals surface area contributed by atoms with Crippen molar-refractivity contribution in [3.8, 4) is 5.69 Å². The summed E-state index contributed by atoms with van der Waals surface area (Å²) in [6, 6.07) is 7.93. The zero-order valence-corrected chi connectivity index (χ0v) is 15.8. The summed E-state index contributed by atoms with van der Waals surface area (Å²) in [5.41, 5.74) is 2.42. The van der Waals surface area contributed by atoms with Crippen LogP contribution in [-0.4, -0.2) is 43.8 Å². The van der Waals surface area contributed by atoms with Crippen LogP contribution in [0.4, 0.5) is 10.2 Å². The Hall–Kier alpha value is -3.07. The Kier molecular flexibility index (Phi) is 4.91. The predicted octanol–water partition coefficient (Wildman–Crippen LogP) is 2.40. The quantitative estimate of drug-likeness (QED) is 0.722. The molecule has 0 atom stereocenters. The van der Waals surface area contributed by atoms with Crippen LogP contribution in [0.15, 0.2) is 30.3 Å². The topological polar surface area (TPSA) is 89.7 Å². The molecule has 1 saturated heterocycles. The number of rotatable bonds is 4. The third-order valence-electron chi connectivity index (χ3n) is 4.94. The number of piperidine rings is 1. The fourth-order valence-electron chi connectivity index (χ4n) is 3.49. The molecule has 1 aliphatic heterocycles. The predicted molar refractivity (Wildman–Crippen MR) is 102 cm³/mol. The minimum absolute atomic E-state index is 0.252. The van der Waals surface area contributed by atoms with Gasteiger partial charge in [0.1, 0.15) is 11.6 Å². The minimum atomic E-state index is -0.346. The highest BCUT2D eigenvalue weighted by Gasteiger charge is 2.23. The van der Waals surface area contributed by atoms with Crippen molar-refractivity contribution in [3.63, 3.8) is 0 Å². The number of hydrogen-bond acceptors (Lipinski definition) is 5. The number of carbonyl (C=O) groups excluding carboxylic acids is 1. The number of halogens is 1. The molecule has 28 heavy (non-hydrogen) atoms. The standard InChI is InChI=1S/C19H22FN7O/c1-12-11-17(27(24-12)15-5-3-14(20)4-6-15)22-19(28)18-13(2)26(25-23-18)16-7-9-21-10-8-16/h3-6,11,16,21H,7-10H2,1-2H3,(H,22,28). The summed E-state index contributed by atoms with van der Waals surface area (Å²) in [6.07, 6.45) is 1.92. The minimum Gasteiger partial charge on any atom is -0.317 e. The lowest BCUT2D eigenvalue weighted by atomic mass is 10.1.